The van der Waals surface area contributed by atoms with E-state index in [1.54, 1.807) is 0 Å². The van der Waals surface area contributed by atoms with Crippen LogP contribution >= 0.6 is 0 Å². The van der Waals surface area contributed by atoms with Crippen LogP contribution in [0, 0.1) is 12.3 Å². The minimum Gasteiger partial charge on any atom is -0.384 e. The van der Waals surface area contributed by atoms with E-state index in [0.717, 1.165) is 18.7 Å². The van der Waals surface area contributed by atoms with Crippen LogP contribution in [-0.4, -0.2) is 6.54 Å². The molecule has 0 aromatic heterocycles. The number of nitrogens with one attached hydrogen (secondary N) is 1. The number of unbranched alkanes of at least 4 members (excludes halogenated alkanes) is 1. The number of terminal acetylenes is 1. The Hall–Kier alpha value is -1.42. The third-order valence-corrected chi connectivity index (χ3v) is 2.37. The maximum atomic E-state index is 5.18. The van der Waals surface area contributed by atoms with E-state index >= 15 is 0 Å². The van der Waals surface area contributed by atoms with Gasteiger partial charge in [-0.1, -0.05) is 25.5 Å². The number of rotatable bonds is 6. The van der Waals surface area contributed by atoms with Crippen LogP contribution < -0.4 is 5.32 Å². The van der Waals surface area contributed by atoms with Crippen molar-refractivity contribution < 1.29 is 0 Å². The molecule has 0 aliphatic heterocycles. The molecule has 80 valence electrons. The van der Waals surface area contributed by atoms with Crippen molar-refractivity contribution >= 4 is 5.69 Å². The van der Waals surface area contributed by atoms with Gasteiger partial charge in [0.25, 0.3) is 0 Å². The molecule has 1 aromatic rings. The molecule has 1 heteroatoms. The van der Waals surface area contributed by atoms with Crippen LogP contribution in [0.25, 0.3) is 0 Å². The van der Waals surface area contributed by atoms with E-state index in [9.17, 15) is 0 Å². The van der Waals surface area contributed by atoms with E-state index in [0.29, 0.717) is 0 Å². The predicted molar refractivity (Wildman–Crippen MR) is 67.0 cm³/mol. The van der Waals surface area contributed by atoms with Gasteiger partial charge >= 0.3 is 0 Å². The van der Waals surface area contributed by atoms with E-state index in [1.165, 1.54) is 24.8 Å². The van der Waals surface area contributed by atoms with Gasteiger partial charge in [0.15, 0.2) is 0 Å². The maximum Gasteiger partial charge on any atom is 0.0340 e. The summed E-state index contributed by atoms with van der Waals surface area (Å²) in [6.45, 7) is 3.07. The third kappa shape index (κ3) is 4.56. The molecule has 0 unspecified atom stereocenters. The van der Waals surface area contributed by atoms with E-state index in [-0.39, 0.29) is 0 Å². The molecule has 0 atom stereocenters. The Balaban J connectivity index is 2.39. The number of anilines is 1. The summed E-state index contributed by atoms with van der Waals surface area (Å²) in [4.78, 5) is 0. The summed E-state index contributed by atoms with van der Waals surface area (Å²) in [5.74, 6) is 2.61. The van der Waals surface area contributed by atoms with E-state index in [2.05, 4.69) is 42.4 Å². The molecule has 1 rings (SSSR count). The summed E-state index contributed by atoms with van der Waals surface area (Å²) in [6, 6.07) is 8.63. The molecule has 0 aliphatic rings. The van der Waals surface area contributed by atoms with Gasteiger partial charge in [-0.3, -0.25) is 0 Å². The Morgan fingerprint density at radius 3 is 2.60 bits per heavy atom. The molecule has 1 aromatic carbocycles. The minimum atomic E-state index is 0.775. The second kappa shape index (κ2) is 6.95. The van der Waals surface area contributed by atoms with Crippen molar-refractivity contribution in [3.8, 4) is 12.3 Å². The molecule has 15 heavy (non-hydrogen) atoms. The molecule has 0 heterocycles. The zero-order valence-corrected chi connectivity index (χ0v) is 9.42. The number of hydrogen-bond acceptors (Lipinski definition) is 1. The van der Waals surface area contributed by atoms with Crippen LogP contribution in [0.1, 0.15) is 31.7 Å². The van der Waals surface area contributed by atoms with Crippen LogP contribution in [0.3, 0.4) is 0 Å². The van der Waals surface area contributed by atoms with Crippen molar-refractivity contribution in [2.24, 2.45) is 0 Å². The summed E-state index contributed by atoms with van der Waals surface area (Å²) in [5.41, 5.74) is 2.57. The highest BCUT2D eigenvalue weighted by atomic mass is 14.9. The molecule has 0 aliphatic carbocycles. The van der Waals surface area contributed by atoms with Gasteiger partial charge in [0.1, 0.15) is 0 Å². The first-order valence-electron chi connectivity index (χ1n) is 5.63. The topological polar surface area (TPSA) is 12.0 Å². The monoisotopic (exact) mass is 201 g/mol. The molecule has 0 bridgehead atoms. The number of benzene rings is 1. The van der Waals surface area contributed by atoms with E-state index in [4.69, 9.17) is 6.42 Å². The summed E-state index contributed by atoms with van der Waals surface area (Å²) in [7, 11) is 0. The van der Waals surface area contributed by atoms with Gasteiger partial charge in [0, 0.05) is 18.7 Å². The van der Waals surface area contributed by atoms with Crippen LogP contribution in [0.15, 0.2) is 24.3 Å². The summed E-state index contributed by atoms with van der Waals surface area (Å²) in [5, 5.41) is 3.29. The standard InChI is InChI=1S/C14H19N/c1-3-5-7-13-8-10-14(11-9-13)15-12-6-4-2/h2,8-11,15H,3,5-7,12H2,1H3. The molecule has 0 saturated carbocycles. The summed E-state index contributed by atoms with van der Waals surface area (Å²) >= 11 is 0. The first-order chi connectivity index (χ1) is 7.36. The smallest absolute Gasteiger partial charge is 0.0340 e. The minimum absolute atomic E-state index is 0.775. The Kier molecular flexibility index (Phi) is 5.40. The van der Waals surface area contributed by atoms with Crippen molar-refractivity contribution in [3.63, 3.8) is 0 Å². The summed E-state index contributed by atoms with van der Waals surface area (Å²) in [6.07, 6.45) is 9.66. The average molecular weight is 201 g/mol. The van der Waals surface area contributed by atoms with Gasteiger partial charge in [-0.25, -0.2) is 0 Å². The first-order valence-corrected chi connectivity index (χ1v) is 5.63. The van der Waals surface area contributed by atoms with Crippen molar-refractivity contribution in [1.82, 2.24) is 0 Å². The van der Waals surface area contributed by atoms with Crippen molar-refractivity contribution in [3.05, 3.63) is 29.8 Å². The second-order valence-corrected chi connectivity index (χ2v) is 3.68. The van der Waals surface area contributed by atoms with Crippen LogP contribution in [0.2, 0.25) is 0 Å². The maximum absolute atomic E-state index is 5.18. The van der Waals surface area contributed by atoms with Crippen molar-refractivity contribution in [1.29, 1.82) is 0 Å². The lowest BCUT2D eigenvalue weighted by Gasteiger charge is -2.05. The largest absolute Gasteiger partial charge is 0.384 e. The van der Waals surface area contributed by atoms with Gasteiger partial charge in [-0.2, -0.15) is 0 Å². The van der Waals surface area contributed by atoms with Crippen molar-refractivity contribution in [2.75, 3.05) is 11.9 Å². The Morgan fingerprint density at radius 2 is 2.00 bits per heavy atom. The molecule has 1 N–H and O–H groups in total. The zero-order valence-electron chi connectivity index (χ0n) is 9.42. The Bertz CT molecular complexity index is 305. The van der Waals surface area contributed by atoms with Gasteiger partial charge < -0.3 is 5.32 Å². The van der Waals surface area contributed by atoms with Gasteiger partial charge in [-0.15, -0.1) is 12.3 Å². The van der Waals surface area contributed by atoms with Gasteiger partial charge in [0.05, 0.1) is 0 Å². The highest BCUT2D eigenvalue weighted by Gasteiger charge is 1.93. The van der Waals surface area contributed by atoms with E-state index < -0.39 is 0 Å². The quantitative estimate of drug-likeness (QED) is 0.549. The molecule has 0 radical (unpaired) electrons. The molecular weight excluding hydrogens is 182 g/mol. The average Bonchev–Trinajstić information content (AvgIpc) is 2.28. The normalized spacial score (nSPS) is 9.60. The molecular formula is C14H19N. The predicted octanol–water partition coefficient (Wildman–Crippen LogP) is 3.46. The van der Waals surface area contributed by atoms with Crippen molar-refractivity contribution in [2.45, 2.75) is 32.6 Å². The Labute approximate surface area is 92.9 Å². The molecule has 0 amide bonds. The fourth-order valence-electron chi connectivity index (χ4n) is 1.45. The van der Waals surface area contributed by atoms with Crippen LogP contribution in [-0.2, 0) is 6.42 Å². The molecule has 0 fully saturated rings. The fraction of sp³-hybridized carbons (Fsp3) is 0.429. The highest BCUT2D eigenvalue weighted by molar-refractivity contribution is 5.44. The van der Waals surface area contributed by atoms with Gasteiger partial charge in [-0.05, 0) is 30.5 Å². The Morgan fingerprint density at radius 1 is 1.27 bits per heavy atom. The highest BCUT2D eigenvalue weighted by Crippen LogP contribution is 2.11. The molecule has 1 nitrogen and oxygen atoms in total. The lowest BCUT2D eigenvalue weighted by Crippen LogP contribution is -1.99. The lowest BCUT2D eigenvalue weighted by molar-refractivity contribution is 0.795. The summed E-state index contributed by atoms with van der Waals surface area (Å²) < 4.78 is 0. The molecule has 0 spiro atoms. The molecule has 0 saturated heterocycles. The second-order valence-electron chi connectivity index (χ2n) is 3.68. The van der Waals surface area contributed by atoms with Gasteiger partial charge in [0.2, 0.25) is 0 Å². The van der Waals surface area contributed by atoms with E-state index in [1.807, 2.05) is 0 Å². The number of aryl methyl sites for hydroxylation is 1. The zero-order chi connectivity index (χ0) is 10.9. The first kappa shape index (κ1) is 11.7. The fourth-order valence-corrected chi connectivity index (χ4v) is 1.45. The number of hydrogen-bond donors (Lipinski definition) is 1. The lowest BCUT2D eigenvalue weighted by atomic mass is 10.1. The third-order valence-electron chi connectivity index (χ3n) is 2.37. The SMILES string of the molecule is C#CCCNc1ccc(CCCC)cc1. The van der Waals surface area contributed by atoms with Crippen LogP contribution in [0.5, 0.6) is 0 Å². The van der Waals surface area contributed by atoms with Crippen LogP contribution in [0.4, 0.5) is 5.69 Å².